The van der Waals surface area contributed by atoms with Crippen LogP contribution in [-0.4, -0.2) is 0 Å². The number of hydrogen-bond acceptors (Lipinski definition) is 0. The van der Waals surface area contributed by atoms with E-state index in [-0.39, 0.29) is 0 Å². The molecule has 0 aliphatic heterocycles. The summed E-state index contributed by atoms with van der Waals surface area (Å²) >= 11 is 0. The summed E-state index contributed by atoms with van der Waals surface area (Å²) in [7, 11) is 0. The first-order chi connectivity index (χ1) is 6.95. The Morgan fingerprint density at radius 3 is 2.20 bits per heavy atom. The van der Waals surface area contributed by atoms with Gasteiger partial charge in [0.05, 0.1) is 0 Å². The fourth-order valence-electron chi connectivity index (χ4n) is 3.48. The van der Waals surface area contributed by atoms with Gasteiger partial charge in [0.15, 0.2) is 0 Å². The van der Waals surface area contributed by atoms with Gasteiger partial charge in [-0.25, -0.2) is 0 Å². The monoisotopic (exact) mass is 204 g/mol. The van der Waals surface area contributed by atoms with Gasteiger partial charge in [0.25, 0.3) is 0 Å². The van der Waals surface area contributed by atoms with Crippen LogP contribution in [0.2, 0.25) is 0 Å². The van der Waals surface area contributed by atoms with Crippen molar-refractivity contribution >= 4 is 0 Å². The molecule has 2 aliphatic rings. The molecule has 0 aromatic heterocycles. The molecule has 0 saturated carbocycles. The van der Waals surface area contributed by atoms with Crippen LogP contribution >= 0.6 is 0 Å². The molecule has 0 saturated heterocycles. The maximum atomic E-state index is 2.42. The average Bonchev–Trinajstić information content (AvgIpc) is 2.40. The van der Waals surface area contributed by atoms with Crippen LogP contribution in [-0.2, 0) is 0 Å². The molecule has 84 valence electrons. The molecule has 0 heterocycles. The van der Waals surface area contributed by atoms with E-state index >= 15 is 0 Å². The minimum atomic E-state index is 0.720. The lowest BCUT2D eigenvalue weighted by molar-refractivity contribution is 0.282. The highest BCUT2D eigenvalue weighted by molar-refractivity contribution is 5.50. The van der Waals surface area contributed by atoms with E-state index in [0.717, 1.165) is 23.7 Å². The van der Waals surface area contributed by atoms with E-state index in [1.165, 1.54) is 6.42 Å². The van der Waals surface area contributed by atoms with E-state index in [4.69, 9.17) is 0 Å². The number of allylic oxidation sites excluding steroid dienone is 4. The minimum absolute atomic E-state index is 0.720. The van der Waals surface area contributed by atoms with Crippen LogP contribution in [0.5, 0.6) is 0 Å². The van der Waals surface area contributed by atoms with Crippen LogP contribution in [0.1, 0.15) is 48.0 Å². The molecule has 4 atom stereocenters. The second kappa shape index (κ2) is 3.50. The minimum Gasteiger partial charge on any atom is -0.0632 e. The molecular weight excluding hydrogens is 180 g/mol. The molecule has 0 amide bonds. The first kappa shape index (κ1) is 11.0. The maximum Gasteiger partial charge on any atom is -0.00122 e. The normalized spacial score (nSPS) is 41.2. The van der Waals surface area contributed by atoms with E-state index in [0.29, 0.717) is 0 Å². The van der Waals surface area contributed by atoms with E-state index < -0.39 is 0 Å². The Morgan fingerprint density at radius 1 is 1.00 bits per heavy atom. The lowest BCUT2D eigenvalue weighted by Gasteiger charge is -2.35. The first-order valence-electron chi connectivity index (χ1n) is 6.35. The van der Waals surface area contributed by atoms with Crippen LogP contribution in [0.4, 0.5) is 0 Å². The van der Waals surface area contributed by atoms with Gasteiger partial charge >= 0.3 is 0 Å². The molecule has 2 aliphatic carbocycles. The zero-order valence-electron chi connectivity index (χ0n) is 11.0. The lowest BCUT2D eigenvalue weighted by atomic mass is 9.70. The van der Waals surface area contributed by atoms with E-state index in [9.17, 15) is 0 Å². The molecule has 0 spiro atoms. The van der Waals surface area contributed by atoms with Crippen molar-refractivity contribution in [2.75, 3.05) is 0 Å². The third kappa shape index (κ3) is 1.41. The molecule has 0 bridgehead atoms. The second-order valence-electron chi connectivity index (χ2n) is 5.80. The Balaban J connectivity index is 2.45. The summed E-state index contributed by atoms with van der Waals surface area (Å²) in [5.74, 6) is 3.19. The molecule has 2 rings (SSSR count). The number of hydrogen-bond donors (Lipinski definition) is 0. The predicted molar refractivity (Wildman–Crippen MR) is 66.7 cm³/mol. The van der Waals surface area contributed by atoms with Crippen LogP contribution in [0.15, 0.2) is 22.3 Å². The zero-order valence-corrected chi connectivity index (χ0v) is 11.0. The summed E-state index contributed by atoms with van der Waals surface area (Å²) in [5.41, 5.74) is 6.69. The number of rotatable bonds is 0. The van der Waals surface area contributed by atoms with Crippen LogP contribution < -0.4 is 0 Å². The van der Waals surface area contributed by atoms with Crippen molar-refractivity contribution in [3.63, 3.8) is 0 Å². The lowest BCUT2D eigenvalue weighted by Crippen LogP contribution is -2.25. The van der Waals surface area contributed by atoms with Gasteiger partial charge in [-0.15, -0.1) is 0 Å². The van der Waals surface area contributed by atoms with Gasteiger partial charge < -0.3 is 0 Å². The van der Waals surface area contributed by atoms with Gasteiger partial charge in [-0.05, 0) is 55.1 Å². The Kier molecular flexibility index (Phi) is 2.56. The molecular formula is C15H24. The molecule has 0 fully saturated rings. The summed E-state index contributed by atoms with van der Waals surface area (Å²) in [6.07, 6.45) is 1.33. The van der Waals surface area contributed by atoms with E-state index in [1.807, 2.05) is 0 Å². The molecule has 0 heteroatoms. The Bertz CT molecular complexity index is 343. The Hall–Kier alpha value is -0.520. The van der Waals surface area contributed by atoms with Crippen molar-refractivity contribution in [3.05, 3.63) is 22.3 Å². The van der Waals surface area contributed by atoms with Crippen LogP contribution in [0, 0.1) is 23.7 Å². The molecule has 0 radical (unpaired) electrons. The van der Waals surface area contributed by atoms with Crippen molar-refractivity contribution in [3.8, 4) is 0 Å². The summed E-state index contributed by atoms with van der Waals surface area (Å²) < 4.78 is 0. The standard InChI is InChI=1S/C15H24/c1-8-7-14-11(4)10(3)13(6)15(14)12(5)9(8)2/h8-9,11-12H,7H2,1-6H3. The smallest absolute Gasteiger partial charge is 0.00122 e. The quantitative estimate of drug-likeness (QED) is 0.542. The summed E-state index contributed by atoms with van der Waals surface area (Å²) in [4.78, 5) is 0. The Labute approximate surface area is 94.5 Å². The van der Waals surface area contributed by atoms with Crippen molar-refractivity contribution in [2.24, 2.45) is 23.7 Å². The molecule has 0 nitrogen and oxygen atoms in total. The summed E-state index contributed by atoms with van der Waals surface area (Å²) in [5, 5.41) is 0. The van der Waals surface area contributed by atoms with Gasteiger partial charge in [-0.3, -0.25) is 0 Å². The van der Waals surface area contributed by atoms with Crippen molar-refractivity contribution in [1.82, 2.24) is 0 Å². The van der Waals surface area contributed by atoms with E-state index in [2.05, 4.69) is 41.5 Å². The zero-order chi connectivity index (χ0) is 11.3. The van der Waals surface area contributed by atoms with Crippen LogP contribution in [0.3, 0.4) is 0 Å². The maximum absolute atomic E-state index is 2.42. The highest BCUT2D eigenvalue weighted by atomic mass is 14.4. The molecule has 0 aromatic carbocycles. The molecule has 4 unspecified atom stereocenters. The third-order valence-electron chi connectivity index (χ3n) is 5.20. The average molecular weight is 204 g/mol. The predicted octanol–water partition coefficient (Wildman–Crippen LogP) is 4.58. The van der Waals surface area contributed by atoms with Gasteiger partial charge in [-0.2, -0.15) is 0 Å². The summed E-state index contributed by atoms with van der Waals surface area (Å²) in [6, 6.07) is 0. The second-order valence-corrected chi connectivity index (χ2v) is 5.80. The van der Waals surface area contributed by atoms with Crippen molar-refractivity contribution < 1.29 is 0 Å². The highest BCUT2D eigenvalue weighted by Gasteiger charge is 2.37. The fourth-order valence-corrected chi connectivity index (χ4v) is 3.48. The largest absolute Gasteiger partial charge is 0.0632 e. The molecule has 15 heavy (non-hydrogen) atoms. The topological polar surface area (TPSA) is 0 Å². The molecule has 0 aromatic rings. The third-order valence-corrected chi connectivity index (χ3v) is 5.20. The fraction of sp³-hybridized carbons (Fsp3) is 0.733. The van der Waals surface area contributed by atoms with Gasteiger partial charge in [0.1, 0.15) is 0 Å². The van der Waals surface area contributed by atoms with Crippen molar-refractivity contribution in [2.45, 2.75) is 48.0 Å². The molecule has 0 N–H and O–H groups in total. The van der Waals surface area contributed by atoms with Crippen molar-refractivity contribution in [1.29, 1.82) is 0 Å². The Morgan fingerprint density at radius 2 is 1.60 bits per heavy atom. The highest BCUT2D eigenvalue weighted by Crippen LogP contribution is 2.50. The SMILES string of the molecule is CC1=C(C)C(C)C2=C1C(C)C(C)C(C)C2. The van der Waals surface area contributed by atoms with Crippen LogP contribution in [0.25, 0.3) is 0 Å². The van der Waals surface area contributed by atoms with Gasteiger partial charge in [0, 0.05) is 0 Å². The van der Waals surface area contributed by atoms with Gasteiger partial charge in [0.2, 0.25) is 0 Å². The van der Waals surface area contributed by atoms with Gasteiger partial charge in [-0.1, -0.05) is 38.8 Å². The van der Waals surface area contributed by atoms with E-state index in [1.54, 1.807) is 22.3 Å². The first-order valence-corrected chi connectivity index (χ1v) is 6.35. The summed E-state index contributed by atoms with van der Waals surface area (Å²) in [6.45, 7) is 14.3.